The lowest BCUT2D eigenvalue weighted by atomic mass is 9.92. The molecule has 2 aliphatic heterocycles. The van der Waals surface area contributed by atoms with Gasteiger partial charge in [-0.05, 0) is 50.8 Å². The molecule has 0 aliphatic carbocycles. The van der Waals surface area contributed by atoms with E-state index in [0.717, 1.165) is 25.7 Å². The average Bonchev–Trinajstić information content (AvgIpc) is 3.10. The molecule has 2 amide bonds. The maximum atomic E-state index is 12.5. The van der Waals surface area contributed by atoms with E-state index in [2.05, 4.69) is 10.6 Å². The van der Waals surface area contributed by atoms with Crippen molar-refractivity contribution in [1.29, 1.82) is 0 Å². The second-order valence-electron chi connectivity index (χ2n) is 6.70. The molecule has 1 aromatic rings. The highest BCUT2D eigenvalue weighted by molar-refractivity contribution is 5.98. The van der Waals surface area contributed by atoms with Gasteiger partial charge in [-0.25, -0.2) is 0 Å². The summed E-state index contributed by atoms with van der Waals surface area (Å²) in [6, 6.07) is 7.00. The fourth-order valence-corrected chi connectivity index (χ4v) is 3.04. The summed E-state index contributed by atoms with van der Waals surface area (Å²) in [5.74, 6) is -0.283. The molecular weight excluding hydrogens is 308 g/mol. The molecule has 0 radical (unpaired) electrons. The van der Waals surface area contributed by atoms with Crippen molar-refractivity contribution in [3.63, 3.8) is 0 Å². The van der Waals surface area contributed by atoms with Gasteiger partial charge in [-0.3, -0.25) is 9.59 Å². The molecule has 2 heterocycles. The molecule has 2 fully saturated rings. The topological polar surface area (TPSA) is 76.7 Å². The van der Waals surface area contributed by atoms with Crippen LogP contribution in [0.3, 0.4) is 0 Å². The van der Waals surface area contributed by atoms with Crippen LogP contribution in [0.5, 0.6) is 0 Å². The molecule has 0 unspecified atom stereocenters. The zero-order chi connectivity index (χ0) is 17.0. The second-order valence-corrected chi connectivity index (χ2v) is 6.70. The molecule has 130 valence electrons. The van der Waals surface area contributed by atoms with Crippen molar-refractivity contribution in [3.05, 3.63) is 29.8 Å². The summed E-state index contributed by atoms with van der Waals surface area (Å²) in [5.41, 5.74) is 0.903. The average molecular weight is 332 g/mol. The number of carbonyl (C=O) groups is 2. The molecular formula is C18H24N2O4. The number of benzene rings is 1. The van der Waals surface area contributed by atoms with Gasteiger partial charge in [0.05, 0.1) is 0 Å². The Labute approximate surface area is 141 Å². The van der Waals surface area contributed by atoms with Crippen molar-refractivity contribution in [3.8, 4) is 0 Å². The number of nitrogens with one attached hydrogen (secondary N) is 2. The molecule has 6 heteroatoms. The van der Waals surface area contributed by atoms with Crippen LogP contribution in [0, 0.1) is 0 Å². The number of hydrogen-bond donors (Lipinski definition) is 2. The minimum atomic E-state index is -0.386. The van der Waals surface area contributed by atoms with E-state index in [1.54, 1.807) is 24.3 Å². The normalized spacial score (nSPS) is 22.8. The monoisotopic (exact) mass is 332 g/mol. The fourth-order valence-electron chi connectivity index (χ4n) is 3.04. The van der Waals surface area contributed by atoms with E-state index in [-0.39, 0.29) is 23.5 Å². The van der Waals surface area contributed by atoms with Crippen LogP contribution in [-0.4, -0.2) is 43.3 Å². The summed E-state index contributed by atoms with van der Waals surface area (Å²) in [6.45, 7) is 3.99. The Balaban J connectivity index is 1.63. The zero-order valence-electron chi connectivity index (χ0n) is 14.0. The van der Waals surface area contributed by atoms with Gasteiger partial charge in [0.1, 0.15) is 6.10 Å². The van der Waals surface area contributed by atoms with E-state index in [4.69, 9.17) is 9.47 Å². The van der Waals surface area contributed by atoms with Gasteiger partial charge < -0.3 is 20.1 Å². The van der Waals surface area contributed by atoms with Crippen molar-refractivity contribution >= 4 is 17.5 Å². The summed E-state index contributed by atoms with van der Waals surface area (Å²) in [5, 5.41) is 5.92. The van der Waals surface area contributed by atoms with Crippen LogP contribution in [0.2, 0.25) is 0 Å². The van der Waals surface area contributed by atoms with Gasteiger partial charge in [-0.2, -0.15) is 0 Å². The molecule has 3 rings (SSSR count). The smallest absolute Gasteiger partial charge is 0.253 e. The third kappa shape index (κ3) is 4.13. The van der Waals surface area contributed by atoms with E-state index in [1.807, 2.05) is 6.92 Å². The van der Waals surface area contributed by atoms with Crippen LogP contribution < -0.4 is 10.6 Å². The first-order valence-electron chi connectivity index (χ1n) is 8.49. The molecule has 1 aromatic carbocycles. The molecule has 24 heavy (non-hydrogen) atoms. The predicted octanol–water partition coefficient (Wildman–Crippen LogP) is 2.10. The number of ether oxygens (including phenoxy) is 2. The lowest BCUT2D eigenvalue weighted by Gasteiger charge is -2.34. The number of amides is 2. The molecule has 2 aliphatic rings. The highest BCUT2D eigenvalue weighted by atomic mass is 16.5. The lowest BCUT2D eigenvalue weighted by Crippen LogP contribution is -2.49. The first-order chi connectivity index (χ1) is 11.6. The lowest BCUT2D eigenvalue weighted by molar-refractivity contribution is -0.124. The van der Waals surface area contributed by atoms with E-state index in [0.29, 0.717) is 31.1 Å². The molecule has 2 saturated heterocycles. The molecule has 0 saturated carbocycles. The number of anilines is 1. The van der Waals surface area contributed by atoms with Gasteiger partial charge in [0.15, 0.2) is 0 Å². The third-order valence-corrected chi connectivity index (χ3v) is 4.63. The Morgan fingerprint density at radius 3 is 2.71 bits per heavy atom. The van der Waals surface area contributed by atoms with Gasteiger partial charge in [-0.15, -0.1) is 0 Å². The summed E-state index contributed by atoms with van der Waals surface area (Å²) in [4.78, 5) is 24.6. The molecule has 2 N–H and O–H groups in total. The van der Waals surface area contributed by atoms with Gasteiger partial charge in [0, 0.05) is 36.6 Å². The fraction of sp³-hybridized carbons (Fsp3) is 0.556. The van der Waals surface area contributed by atoms with Crippen LogP contribution in [0.25, 0.3) is 0 Å². The van der Waals surface area contributed by atoms with Crippen LogP contribution in [0.1, 0.15) is 43.0 Å². The molecule has 1 atom stereocenters. The minimum Gasteiger partial charge on any atom is -0.381 e. The van der Waals surface area contributed by atoms with Crippen molar-refractivity contribution < 1.29 is 19.1 Å². The van der Waals surface area contributed by atoms with Crippen molar-refractivity contribution in [2.75, 3.05) is 25.1 Å². The van der Waals surface area contributed by atoms with Crippen molar-refractivity contribution in [2.45, 2.75) is 44.2 Å². The highest BCUT2D eigenvalue weighted by Gasteiger charge is 2.29. The van der Waals surface area contributed by atoms with Crippen LogP contribution in [0.15, 0.2) is 24.3 Å². The predicted molar refractivity (Wildman–Crippen MR) is 90.0 cm³/mol. The van der Waals surface area contributed by atoms with E-state index >= 15 is 0 Å². The highest BCUT2D eigenvalue weighted by Crippen LogP contribution is 2.21. The maximum absolute atomic E-state index is 12.5. The Hall–Kier alpha value is -1.92. The standard InChI is InChI=1S/C18H24N2O4/c1-18(7-10-23-11-8-18)20-16(21)13-4-2-5-14(12-13)19-17(22)15-6-3-9-24-15/h2,4-5,12,15H,3,6-11H2,1H3,(H,19,22)(H,20,21)/t15-/m0/s1. The summed E-state index contributed by atoms with van der Waals surface area (Å²) in [7, 11) is 0. The minimum absolute atomic E-state index is 0.132. The summed E-state index contributed by atoms with van der Waals surface area (Å²) in [6.07, 6.45) is 2.86. The van der Waals surface area contributed by atoms with Crippen LogP contribution in [-0.2, 0) is 14.3 Å². The Kier molecular flexibility index (Phi) is 5.16. The van der Waals surface area contributed by atoms with Gasteiger partial charge >= 0.3 is 0 Å². The van der Waals surface area contributed by atoms with E-state index in [9.17, 15) is 9.59 Å². The molecule has 0 aromatic heterocycles. The quantitative estimate of drug-likeness (QED) is 0.885. The van der Waals surface area contributed by atoms with E-state index in [1.165, 1.54) is 0 Å². The Morgan fingerprint density at radius 2 is 2.00 bits per heavy atom. The van der Waals surface area contributed by atoms with Crippen LogP contribution in [0.4, 0.5) is 5.69 Å². The van der Waals surface area contributed by atoms with E-state index < -0.39 is 0 Å². The largest absolute Gasteiger partial charge is 0.381 e. The van der Waals surface area contributed by atoms with Gasteiger partial charge in [0.25, 0.3) is 11.8 Å². The first-order valence-corrected chi connectivity index (χ1v) is 8.49. The first kappa shape index (κ1) is 16.9. The second kappa shape index (κ2) is 7.32. The van der Waals surface area contributed by atoms with Crippen molar-refractivity contribution in [2.24, 2.45) is 0 Å². The third-order valence-electron chi connectivity index (χ3n) is 4.63. The molecule has 0 spiro atoms. The van der Waals surface area contributed by atoms with Crippen molar-refractivity contribution in [1.82, 2.24) is 5.32 Å². The number of rotatable bonds is 4. The number of carbonyl (C=O) groups excluding carboxylic acids is 2. The molecule has 6 nitrogen and oxygen atoms in total. The van der Waals surface area contributed by atoms with Gasteiger partial charge in [0.2, 0.25) is 0 Å². The number of hydrogen-bond acceptors (Lipinski definition) is 4. The Bertz CT molecular complexity index is 605. The Morgan fingerprint density at radius 1 is 1.21 bits per heavy atom. The summed E-state index contributed by atoms with van der Waals surface area (Å²) < 4.78 is 10.7. The maximum Gasteiger partial charge on any atom is 0.253 e. The van der Waals surface area contributed by atoms with Gasteiger partial charge in [-0.1, -0.05) is 6.07 Å². The molecule has 0 bridgehead atoms. The van der Waals surface area contributed by atoms with Crippen LogP contribution >= 0.6 is 0 Å². The summed E-state index contributed by atoms with van der Waals surface area (Å²) >= 11 is 0. The SMILES string of the molecule is CC1(NC(=O)c2cccc(NC(=O)[C@@H]3CCCO3)c2)CCOCC1. The zero-order valence-corrected chi connectivity index (χ0v) is 14.0.